The van der Waals surface area contributed by atoms with E-state index in [1.165, 1.54) is 13.0 Å². The van der Waals surface area contributed by atoms with Gasteiger partial charge in [0.15, 0.2) is 5.78 Å². The van der Waals surface area contributed by atoms with Crippen molar-refractivity contribution in [2.45, 2.75) is 51.9 Å². The first-order chi connectivity index (χ1) is 11.4. The van der Waals surface area contributed by atoms with E-state index in [2.05, 4.69) is 44.2 Å². The summed E-state index contributed by atoms with van der Waals surface area (Å²) in [6, 6.07) is 0. The van der Waals surface area contributed by atoms with Crippen molar-refractivity contribution < 1.29 is 29.3 Å². The Morgan fingerprint density at radius 2 is 2.04 bits per heavy atom. The number of halogens is 3. The van der Waals surface area contributed by atoms with Crippen LogP contribution in [0.15, 0.2) is 24.0 Å². The zero-order valence-electron chi connectivity index (χ0n) is 14.4. The Morgan fingerprint density at radius 3 is 2.40 bits per heavy atom. The number of carbonyl (C=O) groups is 2. The number of aliphatic hydroxyl groups excluding tert-OH is 2. The number of rotatable bonds is 3. The highest BCUT2D eigenvalue weighted by Gasteiger charge is 2.28. The fourth-order valence-corrected chi connectivity index (χ4v) is 2.39. The standard InChI is InChI=1S/C10H16O3.C6H8O3.I2.HI/c1-4-9-7(2)10(5-6-12-9)13-8(3)11;7-3-4-1-5(8)2-6(4)9;1-2;/h5-7,9-10H,4H2,1-3H3;1,5,7-8H,2-3H2;;1H/t7-,9-,10-;;;/m1.../s1. The molecule has 0 aromatic carbocycles. The average Bonchev–Trinajstić information content (AvgIpc) is 2.89. The van der Waals surface area contributed by atoms with Gasteiger partial charge in [0.1, 0.15) is 12.2 Å². The maximum atomic E-state index is 10.8. The number of aliphatic hydroxyl groups is 2. The molecule has 0 spiro atoms. The molecule has 1 aliphatic carbocycles. The molecule has 1 heterocycles. The van der Waals surface area contributed by atoms with Crippen LogP contribution in [0.25, 0.3) is 0 Å². The molecule has 0 saturated carbocycles. The van der Waals surface area contributed by atoms with Gasteiger partial charge in [-0.25, -0.2) is 0 Å². The van der Waals surface area contributed by atoms with Crippen molar-refractivity contribution >= 4 is 73.0 Å². The summed E-state index contributed by atoms with van der Waals surface area (Å²) >= 11 is 4.24. The normalized spacial score (nSPS) is 26.7. The Bertz CT molecular complexity index is 467. The van der Waals surface area contributed by atoms with Crippen LogP contribution in [-0.4, -0.2) is 46.9 Å². The Labute approximate surface area is 189 Å². The van der Waals surface area contributed by atoms with Crippen LogP contribution in [0.5, 0.6) is 0 Å². The van der Waals surface area contributed by atoms with Crippen LogP contribution in [0.1, 0.15) is 33.6 Å². The van der Waals surface area contributed by atoms with Crippen molar-refractivity contribution in [3.63, 3.8) is 0 Å². The number of carbonyl (C=O) groups excluding carboxylic acids is 2. The summed E-state index contributed by atoms with van der Waals surface area (Å²) in [6.07, 6.45) is 5.24. The van der Waals surface area contributed by atoms with E-state index in [1.807, 2.05) is 6.92 Å². The molecule has 2 aliphatic rings. The summed E-state index contributed by atoms with van der Waals surface area (Å²) < 4.78 is 10.5. The van der Waals surface area contributed by atoms with Gasteiger partial charge in [0.2, 0.25) is 0 Å². The van der Waals surface area contributed by atoms with Gasteiger partial charge in [-0.15, -0.1) is 24.0 Å². The molecule has 0 saturated heterocycles. The number of hydrogen-bond acceptors (Lipinski definition) is 6. The molecular weight excluding hydrogens is 669 g/mol. The summed E-state index contributed by atoms with van der Waals surface area (Å²) in [6.45, 7) is 5.27. The number of ketones is 1. The SMILES string of the molecule is CC[C@H]1OC=C[C@@H](OC(C)=O)[C@@H]1C.I.II.O=C1CC(O)C=C1CO. The highest BCUT2D eigenvalue weighted by molar-refractivity contribution is 15.0. The Balaban J connectivity index is 0. The number of ether oxygens (including phenoxy) is 2. The predicted molar refractivity (Wildman–Crippen MR) is 123 cm³/mol. The molecule has 146 valence electrons. The van der Waals surface area contributed by atoms with Gasteiger partial charge in [-0.2, -0.15) is 0 Å². The Kier molecular flexibility index (Phi) is 17.3. The van der Waals surface area contributed by atoms with E-state index in [0.717, 1.165) is 6.42 Å². The van der Waals surface area contributed by atoms with E-state index >= 15 is 0 Å². The zero-order chi connectivity index (χ0) is 18.7. The van der Waals surface area contributed by atoms with Crippen LogP contribution >= 0.6 is 61.2 Å². The molecule has 0 radical (unpaired) electrons. The van der Waals surface area contributed by atoms with Crippen LogP contribution in [-0.2, 0) is 19.1 Å². The van der Waals surface area contributed by atoms with Crippen molar-refractivity contribution in [1.29, 1.82) is 0 Å². The second-order valence-corrected chi connectivity index (χ2v) is 5.39. The van der Waals surface area contributed by atoms with Gasteiger partial charge in [0.05, 0.1) is 19.0 Å². The molecule has 1 unspecified atom stereocenters. The van der Waals surface area contributed by atoms with E-state index < -0.39 is 6.10 Å². The molecule has 0 aromatic rings. The lowest BCUT2D eigenvalue weighted by molar-refractivity contribution is -0.149. The fourth-order valence-electron chi connectivity index (χ4n) is 2.39. The maximum absolute atomic E-state index is 10.8. The summed E-state index contributed by atoms with van der Waals surface area (Å²) in [4.78, 5) is 21.4. The van der Waals surface area contributed by atoms with Crippen molar-refractivity contribution in [1.82, 2.24) is 0 Å². The third-order valence-corrected chi connectivity index (χ3v) is 3.65. The second-order valence-electron chi connectivity index (χ2n) is 5.39. The largest absolute Gasteiger partial charge is 0.498 e. The molecule has 2 N–H and O–H groups in total. The quantitative estimate of drug-likeness (QED) is 0.348. The first-order valence-electron chi connectivity index (χ1n) is 7.55. The van der Waals surface area contributed by atoms with Crippen LogP contribution in [0.3, 0.4) is 0 Å². The Hall–Kier alpha value is 0.530. The highest BCUT2D eigenvalue weighted by Crippen LogP contribution is 2.23. The molecule has 0 bridgehead atoms. The van der Waals surface area contributed by atoms with Crippen molar-refractivity contribution in [2.75, 3.05) is 6.61 Å². The molecule has 9 heteroatoms. The average molecular weight is 694 g/mol. The topological polar surface area (TPSA) is 93.1 Å². The van der Waals surface area contributed by atoms with Gasteiger partial charge in [-0.1, -0.05) is 13.8 Å². The van der Waals surface area contributed by atoms with Crippen molar-refractivity contribution in [3.8, 4) is 0 Å². The summed E-state index contributed by atoms with van der Waals surface area (Å²) in [5, 5.41) is 17.2. The van der Waals surface area contributed by atoms with E-state index in [4.69, 9.17) is 19.7 Å². The summed E-state index contributed by atoms with van der Waals surface area (Å²) in [5.74, 6) is -0.151. The van der Waals surface area contributed by atoms with Crippen LogP contribution in [0, 0.1) is 5.92 Å². The van der Waals surface area contributed by atoms with Gasteiger partial charge in [-0.3, -0.25) is 9.59 Å². The van der Waals surface area contributed by atoms with Crippen LogP contribution < -0.4 is 0 Å². The molecule has 25 heavy (non-hydrogen) atoms. The predicted octanol–water partition coefficient (Wildman–Crippen LogP) is 3.50. The third-order valence-electron chi connectivity index (χ3n) is 3.65. The minimum atomic E-state index is -0.667. The smallest absolute Gasteiger partial charge is 0.303 e. The number of hydrogen-bond donors (Lipinski definition) is 2. The Morgan fingerprint density at radius 1 is 1.44 bits per heavy atom. The molecule has 2 rings (SSSR count). The molecule has 0 fully saturated rings. The van der Waals surface area contributed by atoms with Gasteiger partial charge in [-0.05, 0) is 18.6 Å². The lowest BCUT2D eigenvalue weighted by Crippen LogP contribution is -2.35. The minimum Gasteiger partial charge on any atom is -0.498 e. The second kappa shape index (κ2) is 15.6. The van der Waals surface area contributed by atoms with Gasteiger partial charge < -0.3 is 19.7 Å². The molecular formula is C16H25I3O6. The van der Waals surface area contributed by atoms with Crippen LogP contribution in [0.2, 0.25) is 0 Å². The summed E-state index contributed by atoms with van der Waals surface area (Å²) in [7, 11) is 0. The number of esters is 1. The van der Waals surface area contributed by atoms with Gasteiger partial charge >= 0.3 is 5.97 Å². The first kappa shape index (κ1) is 27.7. The van der Waals surface area contributed by atoms with Crippen molar-refractivity contribution in [2.24, 2.45) is 5.92 Å². The monoisotopic (exact) mass is 694 g/mol. The van der Waals surface area contributed by atoms with E-state index in [1.54, 1.807) is 12.3 Å². The zero-order valence-corrected chi connectivity index (χ0v) is 21.0. The van der Waals surface area contributed by atoms with Crippen molar-refractivity contribution in [3.05, 3.63) is 24.0 Å². The fraction of sp³-hybridized carbons (Fsp3) is 0.625. The maximum Gasteiger partial charge on any atom is 0.303 e. The molecule has 1 aliphatic heterocycles. The highest BCUT2D eigenvalue weighted by atomic mass is 128. The third kappa shape index (κ3) is 10.4. The van der Waals surface area contributed by atoms with E-state index in [0.29, 0.717) is 5.57 Å². The lowest BCUT2D eigenvalue weighted by Gasteiger charge is -2.31. The molecule has 0 amide bonds. The lowest BCUT2D eigenvalue weighted by atomic mass is 9.94. The van der Waals surface area contributed by atoms with E-state index in [9.17, 15) is 9.59 Å². The van der Waals surface area contributed by atoms with E-state index in [-0.39, 0.29) is 66.9 Å². The molecule has 6 nitrogen and oxygen atoms in total. The number of Topliss-reactive ketones (excluding diaryl/α,β-unsaturated/α-hetero) is 1. The molecule has 0 aromatic heterocycles. The minimum absolute atomic E-state index is 0. The first-order valence-corrected chi connectivity index (χ1v) is 13.8. The van der Waals surface area contributed by atoms with Gasteiger partial charge in [0.25, 0.3) is 0 Å². The van der Waals surface area contributed by atoms with Crippen LogP contribution in [0.4, 0.5) is 0 Å². The molecule has 4 atom stereocenters. The van der Waals surface area contributed by atoms with Gasteiger partial charge in [0, 0.05) is 62.1 Å². The summed E-state index contributed by atoms with van der Waals surface area (Å²) in [5.41, 5.74) is 0.336.